The highest BCUT2D eigenvalue weighted by Gasteiger charge is 2.34. The molecule has 3 heteroatoms. The summed E-state index contributed by atoms with van der Waals surface area (Å²) < 4.78 is 0. The third-order valence-corrected chi connectivity index (χ3v) is 4.36. The Labute approximate surface area is 92.8 Å². The van der Waals surface area contributed by atoms with E-state index in [4.69, 9.17) is 0 Å². The zero-order valence-electron chi connectivity index (χ0n) is 9.62. The fourth-order valence-electron chi connectivity index (χ4n) is 3.37. The highest BCUT2D eigenvalue weighted by molar-refractivity contribution is 4.90. The molecule has 4 aliphatic rings. The van der Waals surface area contributed by atoms with Crippen molar-refractivity contribution in [3.8, 4) is 0 Å². The van der Waals surface area contributed by atoms with Gasteiger partial charge in [0.25, 0.3) is 0 Å². The van der Waals surface area contributed by atoms with Crippen LogP contribution in [0.25, 0.3) is 0 Å². The van der Waals surface area contributed by atoms with Gasteiger partial charge in [-0.05, 0) is 44.7 Å². The number of hydrogen-bond donors (Lipinski definition) is 1. The molecule has 86 valence electrons. The van der Waals surface area contributed by atoms with Crippen LogP contribution < -0.4 is 5.43 Å². The van der Waals surface area contributed by atoms with Gasteiger partial charge in [-0.2, -0.15) is 0 Å². The standard InChI is InChI=1S/C12H23N3/c1-2-6-15(7-3-1)13-12-10-14-8-4-11(12)5-9-14/h11-13H,1-10H2. The second-order valence-electron chi connectivity index (χ2n) is 5.42. The lowest BCUT2D eigenvalue weighted by atomic mass is 9.84. The van der Waals surface area contributed by atoms with Crippen molar-refractivity contribution >= 4 is 0 Å². The van der Waals surface area contributed by atoms with Crippen LogP contribution in [0.4, 0.5) is 0 Å². The summed E-state index contributed by atoms with van der Waals surface area (Å²) in [6.07, 6.45) is 7.04. The Hall–Kier alpha value is -0.120. The average Bonchev–Trinajstić information content (AvgIpc) is 2.32. The number of nitrogens with one attached hydrogen (secondary N) is 1. The molecule has 4 rings (SSSR count). The van der Waals surface area contributed by atoms with Crippen LogP contribution in [0.3, 0.4) is 0 Å². The van der Waals surface area contributed by atoms with Gasteiger partial charge in [0.05, 0.1) is 0 Å². The number of hydrazine groups is 1. The van der Waals surface area contributed by atoms with E-state index in [-0.39, 0.29) is 0 Å². The SMILES string of the molecule is C1CCN(NC2CN3CCC2CC3)CC1. The van der Waals surface area contributed by atoms with Gasteiger partial charge >= 0.3 is 0 Å². The highest BCUT2D eigenvalue weighted by atomic mass is 15.5. The number of hydrogen-bond acceptors (Lipinski definition) is 3. The van der Waals surface area contributed by atoms with Crippen molar-refractivity contribution in [3.63, 3.8) is 0 Å². The van der Waals surface area contributed by atoms with Gasteiger partial charge in [0, 0.05) is 25.7 Å². The summed E-state index contributed by atoms with van der Waals surface area (Å²) in [5.41, 5.74) is 3.78. The lowest BCUT2D eigenvalue weighted by Crippen LogP contribution is -2.60. The smallest absolute Gasteiger partial charge is 0.0371 e. The normalized spacial score (nSPS) is 42.0. The minimum absolute atomic E-state index is 0.755. The third-order valence-electron chi connectivity index (χ3n) is 4.36. The van der Waals surface area contributed by atoms with Crippen LogP contribution in [-0.4, -0.2) is 48.7 Å². The molecule has 4 aliphatic heterocycles. The maximum absolute atomic E-state index is 3.78. The molecule has 4 saturated heterocycles. The van der Waals surface area contributed by atoms with Gasteiger partial charge in [-0.3, -0.25) is 5.43 Å². The molecule has 1 N–H and O–H groups in total. The van der Waals surface area contributed by atoms with E-state index in [1.165, 1.54) is 64.8 Å². The van der Waals surface area contributed by atoms with Crippen molar-refractivity contribution in [2.24, 2.45) is 5.92 Å². The molecule has 3 nitrogen and oxygen atoms in total. The van der Waals surface area contributed by atoms with Gasteiger partial charge in [0.15, 0.2) is 0 Å². The molecule has 0 saturated carbocycles. The molecule has 0 spiro atoms. The fourth-order valence-corrected chi connectivity index (χ4v) is 3.37. The van der Waals surface area contributed by atoms with Crippen LogP contribution in [0.1, 0.15) is 32.1 Å². The number of piperidine rings is 4. The molecular weight excluding hydrogens is 186 g/mol. The maximum atomic E-state index is 3.78. The van der Waals surface area contributed by atoms with Crippen LogP contribution in [-0.2, 0) is 0 Å². The van der Waals surface area contributed by atoms with Gasteiger partial charge in [-0.15, -0.1) is 0 Å². The molecule has 0 amide bonds. The van der Waals surface area contributed by atoms with E-state index in [1.807, 2.05) is 0 Å². The van der Waals surface area contributed by atoms with Crippen molar-refractivity contribution in [2.75, 3.05) is 32.7 Å². The molecule has 0 aromatic rings. The zero-order valence-corrected chi connectivity index (χ0v) is 9.62. The fraction of sp³-hybridized carbons (Fsp3) is 1.00. The van der Waals surface area contributed by atoms with E-state index >= 15 is 0 Å². The van der Waals surface area contributed by atoms with Crippen LogP contribution >= 0.6 is 0 Å². The summed E-state index contributed by atoms with van der Waals surface area (Å²) in [5, 5.41) is 2.48. The Morgan fingerprint density at radius 2 is 1.60 bits per heavy atom. The second-order valence-corrected chi connectivity index (χ2v) is 5.42. The van der Waals surface area contributed by atoms with Gasteiger partial charge in [0.2, 0.25) is 0 Å². The Balaban J connectivity index is 1.54. The molecule has 0 aliphatic carbocycles. The Bertz CT molecular complexity index is 205. The van der Waals surface area contributed by atoms with E-state index in [1.54, 1.807) is 0 Å². The molecule has 1 unspecified atom stereocenters. The van der Waals surface area contributed by atoms with Gasteiger partial charge < -0.3 is 4.90 Å². The summed E-state index contributed by atoms with van der Waals surface area (Å²) in [4.78, 5) is 2.63. The molecule has 2 bridgehead atoms. The number of fused-ring (bicyclic) bond motifs is 3. The maximum Gasteiger partial charge on any atom is 0.0371 e. The lowest BCUT2D eigenvalue weighted by molar-refractivity contribution is 0.0190. The van der Waals surface area contributed by atoms with Crippen LogP contribution in [0.2, 0.25) is 0 Å². The van der Waals surface area contributed by atoms with Crippen molar-refractivity contribution < 1.29 is 0 Å². The highest BCUT2D eigenvalue weighted by Crippen LogP contribution is 2.27. The van der Waals surface area contributed by atoms with E-state index in [9.17, 15) is 0 Å². The Morgan fingerprint density at radius 3 is 2.20 bits per heavy atom. The van der Waals surface area contributed by atoms with Gasteiger partial charge in [-0.25, -0.2) is 5.01 Å². The third kappa shape index (κ3) is 2.19. The van der Waals surface area contributed by atoms with E-state index < -0.39 is 0 Å². The minimum Gasteiger partial charge on any atom is -0.302 e. The Morgan fingerprint density at radius 1 is 0.867 bits per heavy atom. The van der Waals surface area contributed by atoms with Crippen molar-refractivity contribution in [1.82, 2.24) is 15.3 Å². The largest absolute Gasteiger partial charge is 0.302 e. The lowest BCUT2D eigenvalue weighted by Gasteiger charge is -2.47. The Kier molecular flexibility index (Phi) is 2.95. The van der Waals surface area contributed by atoms with Crippen LogP contribution in [0, 0.1) is 5.92 Å². The van der Waals surface area contributed by atoms with Crippen molar-refractivity contribution in [2.45, 2.75) is 38.1 Å². The molecule has 0 aromatic carbocycles. The summed E-state index contributed by atoms with van der Waals surface area (Å²) in [7, 11) is 0. The van der Waals surface area contributed by atoms with Crippen LogP contribution in [0.15, 0.2) is 0 Å². The predicted molar refractivity (Wildman–Crippen MR) is 61.5 cm³/mol. The van der Waals surface area contributed by atoms with E-state index in [2.05, 4.69) is 15.3 Å². The summed E-state index contributed by atoms with van der Waals surface area (Å²) >= 11 is 0. The minimum atomic E-state index is 0.755. The monoisotopic (exact) mass is 209 g/mol. The van der Waals surface area contributed by atoms with Crippen LogP contribution in [0.5, 0.6) is 0 Å². The summed E-state index contributed by atoms with van der Waals surface area (Å²) in [6.45, 7) is 6.53. The topological polar surface area (TPSA) is 18.5 Å². The van der Waals surface area contributed by atoms with Gasteiger partial charge in [0.1, 0.15) is 0 Å². The number of rotatable bonds is 2. The first-order chi connectivity index (χ1) is 7.42. The molecule has 0 aromatic heterocycles. The molecule has 4 fully saturated rings. The van der Waals surface area contributed by atoms with Crippen molar-refractivity contribution in [1.29, 1.82) is 0 Å². The van der Waals surface area contributed by atoms with Gasteiger partial charge in [-0.1, -0.05) is 6.42 Å². The first-order valence-corrected chi connectivity index (χ1v) is 6.65. The summed E-state index contributed by atoms with van der Waals surface area (Å²) in [5.74, 6) is 0.955. The first kappa shape index (κ1) is 10.1. The first-order valence-electron chi connectivity index (χ1n) is 6.65. The molecule has 4 heterocycles. The zero-order chi connectivity index (χ0) is 10.1. The number of nitrogens with zero attached hydrogens (tertiary/aromatic N) is 2. The summed E-state index contributed by atoms with van der Waals surface area (Å²) in [6, 6.07) is 0.755. The van der Waals surface area contributed by atoms with Crippen molar-refractivity contribution in [3.05, 3.63) is 0 Å². The van der Waals surface area contributed by atoms with E-state index in [0.717, 1.165) is 12.0 Å². The molecule has 15 heavy (non-hydrogen) atoms. The average molecular weight is 209 g/mol. The molecular formula is C12H23N3. The predicted octanol–water partition coefficient (Wildman–Crippen LogP) is 1.07. The molecule has 0 radical (unpaired) electrons. The molecule has 1 atom stereocenters. The quantitative estimate of drug-likeness (QED) is 0.734. The van der Waals surface area contributed by atoms with E-state index in [0.29, 0.717) is 0 Å². The second kappa shape index (κ2) is 4.40.